The third kappa shape index (κ3) is 4.45. The number of benzene rings is 1. The van der Waals surface area contributed by atoms with Crippen LogP contribution in [0.5, 0.6) is 0 Å². The molecule has 4 heteroatoms. The molecule has 1 saturated heterocycles. The first-order valence-electron chi connectivity index (χ1n) is 6.92. The summed E-state index contributed by atoms with van der Waals surface area (Å²) in [6.45, 7) is 8.53. The average Bonchev–Trinajstić information content (AvgIpc) is 2.43. The van der Waals surface area contributed by atoms with E-state index in [4.69, 9.17) is 25.8 Å². The molecule has 0 atom stereocenters. The summed E-state index contributed by atoms with van der Waals surface area (Å²) in [4.78, 5) is 0. The second-order valence-corrected chi connectivity index (χ2v) is 6.59. The number of alkyl halides is 1. The van der Waals surface area contributed by atoms with Gasteiger partial charge in [-0.25, -0.2) is 0 Å². The maximum atomic E-state index is 5.82. The van der Waals surface area contributed by atoms with Gasteiger partial charge in [0, 0.05) is 11.3 Å². The maximum Gasteiger partial charge on any atom is 0.188 e. The van der Waals surface area contributed by atoms with E-state index in [1.807, 2.05) is 25.1 Å². The molecule has 0 unspecified atom stereocenters. The zero-order valence-corrected chi connectivity index (χ0v) is 13.2. The summed E-state index contributed by atoms with van der Waals surface area (Å²) >= 11 is 5.82. The molecule has 1 aliphatic heterocycles. The van der Waals surface area contributed by atoms with Gasteiger partial charge in [-0.2, -0.15) is 0 Å². The van der Waals surface area contributed by atoms with E-state index < -0.39 is 5.79 Å². The van der Waals surface area contributed by atoms with Crippen molar-refractivity contribution in [1.29, 1.82) is 0 Å². The van der Waals surface area contributed by atoms with Gasteiger partial charge in [0.2, 0.25) is 0 Å². The smallest absolute Gasteiger partial charge is 0.188 e. The van der Waals surface area contributed by atoms with Crippen molar-refractivity contribution in [3.63, 3.8) is 0 Å². The Morgan fingerprint density at radius 1 is 1.15 bits per heavy atom. The lowest BCUT2D eigenvalue weighted by atomic mass is 9.95. The summed E-state index contributed by atoms with van der Waals surface area (Å²) in [6, 6.07) is 8.09. The van der Waals surface area contributed by atoms with E-state index in [0.29, 0.717) is 32.3 Å². The van der Waals surface area contributed by atoms with Crippen LogP contribution in [0.15, 0.2) is 24.3 Å². The van der Waals surface area contributed by atoms with E-state index in [2.05, 4.69) is 19.9 Å². The van der Waals surface area contributed by atoms with Gasteiger partial charge in [0.15, 0.2) is 5.79 Å². The maximum absolute atomic E-state index is 5.82. The molecular formula is C16H23ClO3. The van der Waals surface area contributed by atoms with Gasteiger partial charge in [-0.15, -0.1) is 11.6 Å². The minimum absolute atomic E-state index is 0.0776. The molecule has 1 aliphatic rings. The van der Waals surface area contributed by atoms with Crippen LogP contribution in [-0.4, -0.2) is 25.6 Å². The molecule has 2 rings (SSSR count). The van der Waals surface area contributed by atoms with Crippen molar-refractivity contribution in [2.45, 2.75) is 39.0 Å². The first-order chi connectivity index (χ1) is 9.42. The van der Waals surface area contributed by atoms with Gasteiger partial charge in [-0.3, -0.25) is 0 Å². The Morgan fingerprint density at radius 3 is 2.45 bits per heavy atom. The Kier molecular flexibility index (Phi) is 5.08. The first-order valence-corrected chi connectivity index (χ1v) is 7.45. The lowest BCUT2D eigenvalue weighted by molar-refractivity contribution is -0.306. The lowest BCUT2D eigenvalue weighted by Gasteiger charge is -2.41. The predicted molar refractivity (Wildman–Crippen MR) is 79.7 cm³/mol. The number of hydrogen-bond acceptors (Lipinski definition) is 3. The van der Waals surface area contributed by atoms with Gasteiger partial charge in [0.1, 0.15) is 6.61 Å². The molecule has 1 aromatic carbocycles. The summed E-state index contributed by atoms with van der Waals surface area (Å²) in [5, 5.41) is 0. The summed E-state index contributed by atoms with van der Waals surface area (Å²) in [7, 11) is 0. The Hall–Kier alpha value is -0.610. The van der Waals surface area contributed by atoms with Crippen LogP contribution in [0.25, 0.3) is 0 Å². The number of rotatable bonds is 5. The Bertz CT molecular complexity index is 435. The fourth-order valence-electron chi connectivity index (χ4n) is 2.02. The molecule has 0 spiro atoms. The summed E-state index contributed by atoms with van der Waals surface area (Å²) in [5.74, 6) is -0.119. The Balaban J connectivity index is 1.80. The highest BCUT2D eigenvalue weighted by atomic mass is 35.5. The van der Waals surface area contributed by atoms with Crippen LogP contribution < -0.4 is 0 Å². The lowest BCUT2D eigenvalue weighted by Crippen LogP contribution is -2.48. The van der Waals surface area contributed by atoms with Gasteiger partial charge in [-0.05, 0) is 18.1 Å². The van der Waals surface area contributed by atoms with E-state index in [0.717, 1.165) is 11.1 Å². The quantitative estimate of drug-likeness (QED) is 0.775. The second-order valence-electron chi connectivity index (χ2n) is 6.32. The van der Waals surface area contributed by atoms with Crippen LogP contribution in [0.2, 0.25) is 0 Å². The van der Waals surface area contributed by atoms with E-state index >= 15 is 0 Å². The largest absolute Gasteiger partial charge is 0.371 e. The van der Waals surface area contributed by atoms with Gasteiger partial charge in [0.25, 0.3) is 0 Å². The SMILES string of the molecule is CC1(C)COC(C)(COCc2cccc(CCl)c2)OC1. The fraction of sp³-hybridized carbons (Fsp3) is 0.625. The topological polar surface area (TPSA) is 27.7 Å². The predicted octanol–water partition coefficient (Wildman–Crippen LogP) is 3.73. The molecule has 1 fully saturated rings. The van der Waals surface area contributed by atoms with E-state index in [9.17, 15) is 0 Å². The third-order valence-electron chi connectivity index (χ3n) is 3.32. The molecule has 0 bridgehead atoms. The van der Waals surface area contributed by atoms with Crippen molar-refractivity contribution in [1.82, 2.24) is 0 Å². The van der Waals surface area contributed by atoms with Crippen LogP contribution in [0, 0.1) is 5.41 Å². The summed E-state index contributed by atoms with van der Waals surface area (Å²) < 4.78 is 17.3. The number of ether oxygens (including phenoxy) is 3. The van der Waals surface area contributed by atoms with Crippen molar-refractivity contribution in [3.05, 3.63) is 35.4 Å². The van der Waals surface area contributed by atoms with Crippen molar-refractivity contribution in [2.75, 3.05) is 19.8 Å². The van der Waals surface area contributed by atoms with Gasteiger partial charge in [0.05, 0.1) is 19.8 Å². The normalized spacial score (nSPS) is 20.8. The molecule has 112 valence electrons. The van der Waals surface area contributed by atoms with E-state index in [1.54, 1.807) is 0 Å². The fourth-order valence-corrected chi connectivity index (χ4v) is 2.19. The molecule has 0 saturated carbocycles. The average molecular weight is 299 g/mol. The van der Waals surface area contributed by atoms with Crippen molar-refractivity contribution < 1.29 is 14.2 Å². The summed E-state index contributed by atoms with van der Waals surface area (Å²) in [6.07, 6.45) is 0. The monoisotopic (exact) mass is 298 g/mol. The van der Waals surface area contributed by atoms with Crippen molar-refractivity contribution in [2.24, 2.45) is 5.41 Å². The standard InChI is InChI=1S/C16H23ClO3/c1-15(2)10-19-16(3,20-11-15)12-18-9-14-6-4-5-13(7-14)8-17/h4-7H,8-12H2,1-3H3. The molecule has 1 aromatic rings. The van der Waals surface area contributed by atoms with Crippen LogP contribution >= 0.6 is 11.6 Å². The molecule has 0 N–H and O–H groups in total. The van der Waals surface area contributed by atoms with Crippen LogP contribution in [0.3, 0.4) is 0 Å². The zero-order chi connectivity index (χ0) is 14.6. The van der Waals surface area contributed by atoms with Crippen molar-refractivity contribution in [3.8, 4) is 0 Å². The second kappa shape index (κ2) is 6.44. The van der Waals surface area contributed by atoms with Crippen LogP contribution in [0.4, 0.5) is 0 Å². The molecule has 1 heterocycles. The number of hydrogen-bond donors (Lipinski definition) is 0. The van der Waals surface area contributed by atoms with Crippen molar-refractivity contribution >= 4 is 11.6 Å². The van der Waals surface area contributed by atoms with Crippen LogP contribution in [0.1, 0.15) is 31.9 Å². The minimum atomic E-state index is -0.639. The highest BCUT2D eigenvalue weighted by Gasteiger charge is 2.36. The number of halogens is 1. The minimum Gasteiger partial charge on any atom is -0.371 e. The molecule has 0 amide bonds. The molecule has 0 aromatic heterocycles. The van der Waals surface area contributed by atoms with Gasteiger partial charge in [-0.1, -0.05) is 38.1 Å². The van der Waals surface area contributed by atoms with Gasteiger partial charge >= 0.3 is 0 Å². The third-order valence-corrected chi connectivity index (χ3v) is 3.62. The molecule has 3 nitrogen and oxygen atoms in total. The van der Waals surface area contributed by atoms with E-state index in [-0.39, 0.29) is 5.41 Å². The highest BCUT2D eigenvalue weighted by molar-refractivity contribution is 6.17. The molecule has 20 heavy (non-hydrogen) atoms. The molecular weight excluding hydrogens is 276 g/mol. The van der Waals surface area contributed by atoms with E-state index in [1.165, 1.54) is 0 Å². The van der Waals surface area contributed by atoms with Gasteiger partial charge < -0.3 is 14.2 Å². The van der Waals surface area contributed by atoms with Crippen LogP contribution in [-0.2, 0) is 26.7 Å². The zero-order valence-electron chi connectivity index (χ0n) is 12.4. The Morgan fingerprint density at radius 2 is 1.80 bits per heavy atom. The Labute approximate surface area is 126 Å². The highest BCUT2D eigenvalue weighted by Crippen LogP contribution is 2.29. The molecule has 0 aliphatic carbocycles. The first kappa shape index (κ1) is 15.8. The molecule has 0 radical (unpaired) electrons. The summed E-state index contributed by atoms with van der Waals surface area (Å²) in [5.41, 5.74) is 2.29.